The van der Waals surface area contributed by atoms with Gasteiger partial charge in [-0.25, -0.2) is 9.78 Å². The molecule has 0 saturated carbocycles. The lowest BCUT2D eigenvalue weighted by Gasteiger charge is -2.20. The molecule has 37 heavy (non-hydrogen) atoms. The Labute approximate surface area is 221 Å². The summed E-state index contributed by atoms with van der Waals surface area (Å²) >= 11 is 1.52. The second-order valence-corrected chi connectivity index (χ2v) is 10.9. The molecule has 5 rings (SSSR count). The summed E-state index contributed by atoms with van der Waals surface area (Å²) in [5, 5.41) is 4.46. The van der Waals surface area contributed by atoms with Gasteiger partial charge in [0.25, 0.3) is 5.91 Å². The Balaban J connectivity index is 1.57. The van der Waals surface area contributed by atoms with Crippen molar-refractivity contribution in [1.82, 2.24) is 4.98 Å². The van der Waals surface area contributed by atoms with Crippen LogP contribution in [0.25, 0.3) is 22.2 Å². The van der Waals surface area contributed by atoms with Gasteiger partial charge in [-0.1, -0.05) is 43.7 Å². The minimum absolute atomic E-state index is 0.250. The van der Waals surface area contributed by atoms with E-state index < -0.39 is 0 Å². The number of fused-ring (bicyclic) bond motifs is 2. The minimum atomic E-state index is -0.361. The predicted molar refractivity (Wildman–Crippen MR) is 151 cm³/mol. The normalized spacial score (nSPS) is 14.9. The molecule has 0 radical (unpaired) electrons. The van der Waals surface area contributed by atoms with Crippen LogP contribution in [0.15, 0.2) is 48.5 Å². The average molecular weight is 513 g/mol. The van der Waals surface area contributed by atoms with Crippen molar-refractivity contribution in [2.45, 2.75) is 53.4 Å². The van der Waals surface area contributed by atoms with Gasteiger partial charge in [0, 0.05) is 15.8 Å². The number of carbonyl (C=O) groups is 2. The van der Waals surface area contributed by atoms with E-state index in [0.717, 1.165) is 53.4 Å². The summed E-state index contributed by atoms with van der Waals surface area (Å²) in [6.07, 6.45) is 3.93. The fourth-order valence-corrected chi connectivity index (χ4v) is 6.44. The van der Waals surface area contributed by atoms with Crippen LogP contribution in [0.2, 0.25) is 0 Å². The number of nitrogens with zero attached hydrogens (tertiary/aromatic N) is 1. The van der Waals surface area contributed by atoms with Crippen molar-refractivity contribution in [3.63, 3.8) is 0 Å². The van der Waals surface area contributed by atoms with Crippen LogP contribution in [0, 0.1) is 19.8 Å². The number of pyridine rings is 1. The summed E-state index contributed by atoms with van der Waals surface area (Å²) < 4.78 is 5.41. The Bertz CT molecular complexity index is 1500. The molecule has 0 aliphatic heterocycles. The van der Waals surface area contributed by atoms with E-state index >= 15 is 0 Å². The van der Waals surface area contributed by atoms with Crippen LogP contribution in [-0.4, -0.2) is 23.5 Å². The molecule has 1 atom stereocenters. The number of benzene rings is 2. The average Bonchev–Trinajstić information content (AvgIpc) is 3.26. The van der Waals surface area contributed by atoms with Gasteiger partial charge in [-0.15, -0.1) is 11.3 Å². The summed E-state index contributed by atoms with van der Waals surface area (Å²) in [6, 6.07) is 15.8. The van der Waals surface area contributed by atoms with E-state index in [4.69, 9.17) is 9.72 Å². The second kappa shape index (κ2) is 10.5. The molecule has 1 N–H and O–H groups in total. The van der Waals surface area contributed by atoms with E-state index in [9.17, 15) is 9.59 Å². The summed E-state index contributed by atoms with van der Waals surface area (Å²) in [6.45, 7) is 8.46. The third-order valence-electron chi connectivity index (χ3n) is 7.41. The molecule has 0 bridgehead atoms. The van der Waals surface area contributed by atoms with Crippen LogP contribution in [0.5, 0.6) is 0 Å². The number of amides is 1. The molecule has 2 heterocycles. The second-order valence-electron chi connectivity index (χ2n) is 9.77. The molecule has 2 aromatic carbocycles. The molecule has 0 saturated heterocycles. The van der Waals surface area contributed by atoms with Crippen LogP contribution >= 0.6 is 11.3 Å². The van der Waals surface area contributed by atoms with Crippen molar-refractivity contribution in [2.24, 2.45) is 5.92 Å². The highest BCUT2D eigenvalue weighted by molar-refractivity contribution is 7.17. The Hall–Kier alpha value is -3.51. The molecule has 2 aromatic heterocycles. The zero-order chi connectivity index (χ0) is 26.1. The number of ether oxygens (including phenoxy) is 1. The van der Waals surface area contributed by atoms with Gasteiger partial charge in [-0.2, -0.15) is 0 Å². The fourth-order valence-electron chi connectivity index (χ4n) is 5.09. The van der Waals surface area contributed by atoms with Crippen molar-refractivity contribution in [1.29, 1.82) is 0 Å². The molecular weight excluding hydrogens is 480 g/mol. The number of esters is 1. The van der Waals surface area contributed by atoms with Crippen LogP contribution in [-0.2, 0) is 17.6 Å². The van der Waals surface area contributed by atoms with Crippen molar-refractivity contribution in [3.8, 4) is 11.3 Å². The molecule has 0 fully saturated rings. The molecule has 190 valence electrons. The fraction of sp³-hybridized carbons (Fsp3) is 0.323. The van der Waals surface area contributed by atoms with E-state index in [1.54, 1.807) is 6.92 Å². The summed E-state index contributed by atoms with van der Waals surface area (Å²) in [5.41, 5.74) is 6.95. The van der Waals surface area contributed by atoms with Gasteiger partial charge < -0.3 is 10.1 Å². The first-order valence-electron chi connectivity index (χ1n) is 13.0. The number of hydrogen-bond donors (Lipinski definition) is 1. The zero-order valence-corrected chi connectivity index (χ0v) is 22.6. The lowest BCUT2D eigenvalue weighted by atomic mass is 9.85. The number of hydrogen-bond acceptors (Lipinski definition) is 5. The van der Waals surface area contributed by atoms with Gasteiger partial charge in [0.15, 0.2) is 0 Å². The Morgan fingerprint density at radius 1 is 1.08 bits per heavy atom. The van der Waals surface area contributed by atoms with Crippen LogP contribution in [0.1, 0.15) is 69.0 Å². The molecule has 0 spiro atoms. The van der Waals surface area contributed by atoms with Gasteiger partial charge >= 0.3 is 5.97 Å². The number of anilines is 1. The van der Waals surface area contributed by atoms with Crippen molar-refractivity contribution in [2.75, 3.05) is 11.9 Å². The highest BCUT2D eigenvalue weighted by atomic mass is 32.1. The van der Waals surface area contributed by atoms with Crippen molar-refractivity contribution < 1.29 is 14.3 Å². The van der Waals surface area contributed by atoms with Crippen LogP contribution in [0.4, 0.5) is 5.00 Å². The van der Waals surface area contributed by atoms with Crippen LogP contribution < -0.4 is 5.32 Å². The van der Waals surface area contributed by atoms with E-state index in [0.29, 0.717) is 28.7 Å². The topological polar surface area (TPSA) is 68.3 Å². The Morgan fingerprint density at radius 3 is 2.65 bits per heavy atom. The highest BCUT2D eigenvalue weighted by Gasteiger charge is 2.30. The van der Waals surface area contributed by atoms with Crippen LogP contribution in [0.3, 0.4) is 0 Å². The number of carbonyl (C=O) groups excluding carboxylic acids is 2. The molecule has 1 aliphatic carbocycles. The van der Waals surface area contributed by atoms with E-state index in [2.05, 4.69) is 38.2 Å². The van der Waals surface area contributed by atoms with E-state index in [1.807, 2.05) is 36.4 Å². The molecule has 4 aromatic rings. The highest BCUT2D eigenvalue weighted by Crippen LogP contribution is 2.41. The maximum atomic E-state index is 13.8. The molecule has 1 unspecified atom stereocenters. The van der Waals surface area contributed by atoms with Gasteiger partial charge in [-0.3, -0.25) is 4.79 Å². The largest absolute Gasteiger partial charge is 0.462 e. The maximum absolute atomic E-state index is 13.8. The molecule has 1 aliphatic rings. The first-order valence-corrected chi connectivity index (χ1v) is 13.8. The summed E-state index contributed by atoms with van der Waals surface area (Å²) in [7, 11) is 0. The lowest BCUT2D eigenvalue weighted by molar-refractivity contribution is 0.0526. The lowest BCUT2D eigenvalue weighted by Crippen LogP contribution is -2.17. The number of aryl methyl sites for hydroxylation is 2. The first kappa shape index (κ1) is 25.2. The number of thiophene rings is 1. The molecular formula is C31H32N2O3S. The third kappa shape index (κ3) is 4.90. The van der Waals surface area contributed by atoms with Gasteiger partial charge in [0.2, 0.25) is 0 Å². The van der Waals surface area contributed by atoms with Gasteiger partial charge in [0.05, 0.1) is 28.9 Å². The molecule has 6 heteroatoms. The standard InChI is InChI=1S/C31H32N2O3S/c1-5-20-12-14-23-27(16-20)37-30(28(23)31(35)36-6-2)33-29(34)24-17-26(21-13-11-18(3)19(4)15-21)32-25-10-8-7-9-22(24)25/h7-11,13,15,17,20H,5-6,12,14,16H2,1-4H3,(H,33,34). The Kier molecular flexibility index (Phi) is 7.11. The smallest absolute Gasteiger partial charge is 0.341 e. The number of aromatic nitrogens is 1. The predicted octanol–water partition coefficient (Wildman–Crippen LogP) is 7.52. The number of para-hydroxylation sites is 1. The maximum Gasteiger partial charge on any atom is 0.341 e. The third-order valence-corrected chi connectivity index (χ3v) is 8.58. The quantitative estimate of drug-likeness (QED) is 0.271. The molecule has 5 nitrogen and oxygen atoms in total. The van der Waals surface area contributed by atoms with E-state index in [1.165, 1.54) is 27.3 Å². The zero-order valence-electron chi connectivity index (χ0n) is 21.8. The van der Waals surface area contributed by atoms with E-state index in [-0.39, 0.29) is 11.9 Å². The minimum Gasteiger partial charge on any atom is -0.462 e. The summed E-state index contributed by atoms with van der Waals surface area (Å²) in [5.74, 6) is -0.00469. The Morgan fingerprint density at radius 2 is 1.89 bits per heavy atom. The van der Waals surface area contributed by atoms with Gasteiger partial charge in [-0.05, 0) is 80.8 Å². The van der Waals surface area contributed by atoms with Crippen molar-refractivity contribution >= 4 is 39.1 Å². The van der Waals surface area contributed by atoms with Crippen molar-refractivity contribution in [3.05, 3.63) is 81.2 Å². The monoisotopic (exact) mass is 512 g/mol. The number of nitrogens with one attached hydrogen (secondary N) is 1. The van der Waals surface area contributed by atoms with Gasteiger partial charge in [0.1, 0.15) is 5.00 Å². The SMILES string of the molecule is CCOC(=O)c1c(NC(=O)c2cc(-c3ccc(C)c(C)c3)nc3ccccc23)sc2c1CCC(CC)C2. The summed E-state index contributed by atoms with van der Waals surface area (Å²) in [4.78, 5) is 32.9. The molecule has 1 amide bonds. The number of rotatable bonds is 6. The first-order chi connectivity index (χ1) is 17.9.